The zero-order valence-electron chi connectivity index (χ0n) is 20.4. The summed E-state index contributed by atoms with van der Waals surface area (Å²) in [6.45, 7) is 9.58. The third-order valence-electron chi connectivity index (χ3n) is 5.77. The van der Waals surface area contributed by atoms with E-state index in [0.29, 0.717) is 31.7 Å². The third kappa shape index (κ3) is 8.06. The van der Waals surface area contributed by atoms with Crippen molar-refractivity contribution in [1.29, 1.82) is 0 Å². The number of halogens is 2. The van der Waals surface area contributed by atoms with E-state index in [-0.39, 0.29) is 29.6 Å². The maximum Gasteiger partial charge on any atom is 0.251 e. The third-order valence-corrected chi connectivity index (χ3v) is 5.77. The summed E-state index contributed by atoms with van der Waals surface area (Å²) in [4.78, 5) is 27.0. The van der Waals surface area contributed by atoms with Crippen LogP contribution >= 0.6 is 0 Å². The van der Waals surface area contributed by atoms with Crippen LogP contribution in [0.4, 0.5) is 8.78 Å². The fraction of sp³-hybridized carbons (Fsp3) is 0.407. The van der Waals surface area contributed by atoms with Gasteiger partial charge in [-0.15, -0.1) is 0 Å². The lowest BCUT2D eigenvalue weighted by atomic mass is 9.96. The summed E-state index contributed by atoms with van der Waals surface area (Å²) in [7, 11) is 3.52. The van der Waals surface area contributed by atoms with E-state index in [9.17, 15) is 18.4 Å². The van der Waals surface area contributed by atoms with Crippen LogP contribution in [0, 0.1) is 24.5 Å². The molecule has 2 rings (SSSR count). The number of carbonyl (C=O) groups excluding carboxylic acids is 2. The molecule has 0 fully saturated rings. The smallest absolute Gasteiger partial charge is 0.251 e. The van der Waals surface area contributed by atoms with Gasteiger partial charge in [-0.3, -0.25) is 9.59 Å². The number of hydrogen-bond acceptors (Lipinski definition) is 4. The fourth-order valence-electron chi connectivity index (χ4n) is 3.83. The molecule has 2 aromatic rings. The van der Waals surface area contributed by atoms with Gasteiger partial charge in [-0.2, -0.15) is 0 Å². The average molecular weight is 473 g/mol. The molecule has 2 aromatic carbocycles. The highest BCUT2D eigenvalue weighted by atomic mass is 19.1. The minimum atomic E-state index is -0.751. The average Bonchev–Trinajstić information content (AvgIpc) is 2.77. The van der Waals surface area contributed by atoms with E-state index in [0.717, 1.165) is 40.6 Å². The number of benzene rings is 2. The van der Waals surface area contributed by atoms with Crippen molar-refractivity contribution in [3.05, 3.63) is 69.1 Å². The molecule has 0 aliphatic heterocycles. The minimum absolute atomic E-state index is 0.0601. The Hall–Kier alpha value is -3.06. The maximum absolute atomic E-state index is 13.4. The van der Waals surface area contributed by atoms with Crippen molar-refractivity contribution in [2.24, 2.45) is 5.92 Å². The molecule has 1 atom stereocenters. The van der Waals surface area contributed by atoms with Gasteiger partial charge < -0.3 is 15.0 Å². The topological polar surface area (TPSA) is 58.6 Å². The number of methoxy groups -OCH3 is 1. The molecule has 184 valence electrons. The Kier molecular flexibility index (Phi) is 10.4. The van der Waals surface area contributed by atoms with E-state index in [1.165, 1.54) is 0 Å². The van der Waals surface area contributed by atoms with Crippen molar-refractivity contribution in [2.45, 2.75) is 33.1 Å². The van der Waals surface area contributed by atoms with Gasteiger partial charge in [0.2, 0.25) is 0 Å². The van der Waals surface area contributed by atoms with Crippen molar-refractivity contribution >= 4 is 24.5 Å². The second kappa shape index (κ2) is 13.0. The highest BCUT2D eigenvalue weighted by Crippen LogP contribution is 2.17. The number of nitrogens with one attached hydrogen (secondary N) is 1. The molecule has 7 heteroatoms. The molecule has 0 bridgehead atoms. The predicted molar refractivity (Wildman–Crippen MR) is 131 cm³/mol. The molecule has 0 heterocycles. The number of aryl methyl sites for hydroxylation is 1. The van der Waals surface area contributed by atoms with Gasteiger partial charge in [0.1, 0.15) is 11.6 Å². The number of amides is 1. The maximum atomic E-state index is 13.4. The Balaban J connectivity index is 2.08. The van der Waals surface area contributed by atoms with Gasteiger partial charge in [0.25, 0.3) is 5.91 Å². The van der Waals surface area contributed by atoms with Gasteiger partial charge in [0.15, 0.2) is 5.78 Å². The molecular formula is C27H34F2N2O3. The number of ether oxygens (including phenoxy) is 1. The molecule has 1 N–H and O–H groups in total. The van der Waals surface area contributed by atoms with Gasteiger partial charge in [-0.1, -0.05) is 26.0 Å². The van der Waals surface area contributed by atoms with E-state index < -0.39 is 11.6 Å². The summed E-state index contributed by atoms with van der Waals surface area (Å²) in [6, 6.07) is 6.62. The lowest BCUT2D eigenvalue weighted by molar-refractivity contribution is 0.0935. The van der Waals surface area contributed by atoms with Crippen molar-refractivity contribution < 1.29 is 23.1 Å². The van der Waals surface area contributed by atoms with Crippen LogP contribution in [0.1, 0.15) is 52.5 Å². The molecule has 0 saturated heterocycles. The van der Waals surface area contributed by atoms with Gasteiger partial charge in [0, 0.05) is 57.1 Å². The summed E-state index contributed by atoms with van der Waals surface area (Å²) >= 11 is 0. The molecule has 34 heavy (non-hydrogen) atoms. The summed E-state index contributed by atoms with van der Waals surface area (Å²) < 4.78 is 31.8. The first kappa shape index (κ1) is 27.2. The number of hydrogen-bond donors (Lipinski definition) is 1. The highest BCUT2D eigenvalue weighted by molar-refractivity contribution is 5.96. The van der Waals surface area contributed by atoms with Crippen LogP contribution in [0.5, 0.6) is 0 Å². The van der Waals surface area contributed by atoms with Crippen LogP contribution in [0.3, 0.4) is 0 Å². The standard InChI is InChI=1S/C27H34F2N2O3/c1-6-20(7-8-26(32)21-12-23(28)15-24(29)13-21)16-31(4)17-22-14-25(19(3)11-18(22)2)27(33)30-9-10-34-5/h11-15,17,20H,2,6-10,16H2,1,3-5H3,(H,30,33)/b22-17-. The van der Waals surface area contributed by atoms with Crippen molar-refractivity contribution in [3.63, 3.8) is 0 Å². The van der Waals surface area contributed by atoms with Gasteiger partial charge >= 0.3 is 0 Å². The molecule has 1 unspecified atom stereocenters. The second-order valence-corrected chi connectivity index (χ2v) is 8.58. The van der Waals surface area contributed by atoms with E-state index in [4.69, 9.17) is 4.74 Å². The molecule has 0 aliphatic rings. The Morgan fingerprint density at radius 2 is 1.85 bits per heavy atom. The van der Waals surface area contributed by atoms with Crippen LogP contribution in [0.15, 0.2) is 30.3 Å². The predicted octanol–water partition coefficient (Wildman–Crippen LogP) is 3.42. The monoisotopic (exact) mass is 472 g/mol. The number of rotatable bonds is 12. The molecule has 0 radical (unpaired) electrons. The zero-order valence-corrected chi connectivity index (χ0v) is 20.4. The van der Waals surface area contributed by atoms with E-state index in [1.807, 2.05) is 44.1 Å². The van der Waals surface area contributed by atoms with Gasteiger partial charge in [-0.25, -0.2) is 8.78 Å². The number of carbonyl (C=O) groups is 2. The first-order valence-electron chi connectivity index (χ1n) is 11.4. The summed E-state index contributed by atoms with van der Waals surface area (Å²) in [5.41, 5.74) is 1.49. The van der Waals surface area contributed by atoms with Crippen LogP contribution in [-0.2, 0) is 4.74 Å². The van der Waals surface area contributed by atoms with E-state index in [1.54, 1.807) is 7.11 Å². The lowest BCUT2D eigenvalue weighted by Gasteiger charge is -2.22. The SMILES string of the molecule is C=c1cc(C)c(C(=O)NCCOC)c/c1=C/N(C)CC(CC)CCC(=O)c1cc(F)cc(F)c1. The normalized spacial score (nSPS) is 12.5. The molecule has 5 nitrogen and oxygen atoms in total. The lowest BCUT2D eigenvalue weighted by Crippen LogP contribution is -2.33. The Bertz CT molecular complexity index is 1100. The summed E-state index contributed by atoms with van der Waals surface area (Å²) in [5.74, 6) is -1.73. The van der Waals surface area contributed by atoms with E-state index in [2.05, 4.69) is 11.9 Å². The summed E-state index contributed by atoms with van der Waals surface area (Å²) in [6.07, 6.45) is 3.61. The number of ketones is 1. The van der Waals surface area contributed by atoms with Gasteiger partial charge in [-0.05, 0) is 53.5 Å². The Morgan fingerprint density at radius 1 is 1.18 bits per heavy atom. The molecular weight excluding hydrogens is 438 g/mol. The largest absolute Gasteiger partial charge is 0.383 e. The van der Waals surface area contributed by atoms with Crippen LogP contribution in [0.25, 0.3) is 12.8 Å². The van der Waals surface area contributed by atoms with Crippen LogP contribution < -0.4 is 15.8 Å². The van der Waals surface area contributed by atoms with Crippen molar-refractivity contribution in [2.75, 3.05) is 33.9 Å². The Labute approximate surface area is 200 Å². The van der Waals surface area contributed by atoms with Crippen molar-refractivity contribution in [3.8, 4) is 0 Å². The molecule has 0 saturated carbocycles. The van der Waals surface area contributed by atoms with E-state index >= 15 is 0 Å². The minimum Gasteiger partial charge on any atom is -0.383 e. The second-order valence-electron chi connectivity index (χ2n) is 8.58. The number of Topliss-reactive ketones (excluding diaryl/α,β-unsaturated/α-hetero) is 1. The molecule has 1 amide bonds. The van der Waals surface area contributed by atoms with Crippen molar-refractivity contribution in [1.82, 2.24) is 10.2 Å². The van der Waals surface area contributed by atoms with Crippen LogP contribution in [0.2, 0.25) is 0 Å². The van der Waals surface area contributed by atoms with Gasteiger partial charge in [0.05, 0.1) is 6.61 Å². The van der Waals surface area contributed by atoms with Crippen LogP contribution in [-0.4, -0.2) is 50.4 Å². The zero-order chi connectivity index (χ0) is 25.3. The Morgan fingerprint density at radius 3 is 2.47 bits per heavy atom. The first-order chi connectivity index (χ1) is 16.1. The molecule has 0 spiro atoms. The quantitative estimate of drug-likeness (QED) is 0.380. The molecule has 0 aliphatic carbocycles. The summed E-state index contributed by atoms with van der Waals surface area (Å²) in [5, 5.41) is 4.49. The number of nitrogens with zero attached hydrogens (tertiary/aromatic N) is 1. The fourth-order valence-corrected chi connectivity index (χ4v) is 3.83. The highest BCUT2D eigenvalue weighted by Gasteiger charge is 2.14. The molecule has 0 aromatic heterocycles. The first-order valence-corrected chi connectivity index (χ1v) is 11.4.